The summed E-state index contributed by atoms with van der Waals surface area (Å²) in [4.78, 5) is 15.7. The van der Waals surface area contributed by atoms with Gasteiger partial charge >= 0.3 is 0 Å². The number of hydrogen-bond acceptors (Lipinski definition) is 4. The average molecular weight is 609 g/mol. The summed E-state index contributed by atoms with van der Waals surface area (Å²) in [6.07, 6.45) is 0. The van der Waals surface area contributed by atoms with Crippen LogP contribution in [-0.4, -0.2) is 0 Å². The summed E-state index contributed by atoms with van der Waals surface area (Å²) in [7, 11) is 0. The highest BCUT2D eigenvalue weighted by atomic mass is 16.6. The Balaban J connectivity index is 1.26. The molecule has 0 radical (unpaired) electrons. The molecule has 226 valence electrons. The van der Waals surface area contributed by atoms with Crippen LogP contribution in [0.15, 0.2) is 169 Å². The van der Waals surface area contributed by atoms with Crippen LogP contribution in [0.2, 0.25) is 0 Å². The minimum atomic E-state index is 0.425. The summed E-state index contributed by atoms with van der Waals surface area (Å²) < 4.78 is 0. The zero-order valence-corrected chi connectivity index (χ0v) is 25.9. The van der Waals surface area contributed by atoms with Crippen LogP contribution < -0.4 is 10.7 Å². The maximum atomic E-state index is 10.9. The van der Waals surface area contributed by atoms with Crippen molar-refractivity contribution >= 4 is 5.69 Å². The van der Waals surface area contributed by atoms with Gasteiger partial charge in [0.1, 0.15) is 11.4 Å². The number of rotatable bonds is 8. The minimum Gasteiger partial charge on any atom is -0.412 e. The fourth-order valence-electron chi connectivity index (χ4n) is 5.88. The predicted octanol–water partition coefficient (Wildman–Crippen LogP) is 11.6. The van der Waals surface area contributed by atoms with Gasteiger partial charge < -0.3 is 4.84 Å². The van der Waals surface area contributed by atoms with E-state index in [-0.39, 0.29) is 0 Å². The number of nitrogens with zero attached hydrogens (tertiary/aromatic N) is 1. The van der Waals surface area contributed by atoms with Gasteiger partial charge in [-0.3, -0.25) is 0 Å². The Morgan fingerprint density at radius 1 is 0.383 bits per heavy atom. The Morgan fingerprint density at radius 2 is 0.638 bits per heavy atom. The van der Waals surface area contributed by atoms with Crippen LogP contribution in [0.4, 0.5) is 5.69 Å². The highest BCUT2D eigenvalue weighted by Gasteiger charge is 2.10. The number of aryl methyl sites for hydroxylation is 1. The average Bonchev–Trinajstić information content (AvgIpc) is 3.15. The molecule has 0 spiro atoms. The Kier molecular flexibility index (Phi) is 8.25. The van der Waals surface area contributed by atoms with Crippen molar-refractivity contribution in [1.82, 2.24) is 0 Å². The van der Waals surface area contributed by atoms with Crippen LogP contribution in [0, 0.1) is 11.8 Å². The van der Waals surface area contributed by atoms with Crippen LogP contribution in [-0.2, 0) is 0 Å². The van der Waals surface area contributed by atoms with Gasteiger partial charge in [-0.1, -0.05) is 127 Å². The molecule has 0 amide bonds. The standard InChI is InChI=1S/C43H32N2O2/c1-29-2-4-30(5-3-29)31-6-12-36(13-7-31)39-26-40(37-14-8-32(9-15-37)34-18-22-42(45-46)23-19-34)28-41(27-39)38-16-10-33(11-17-38)35-20-24-43(47-44)25-21-35/h2-28H,44H2,1H3. The molecular weight excluding hydrogens is 576 g/mol. The molecule has 4 heteroatoms. The molecule has 0 fully saturated rings. The van der Waals surface area contributed by atoms with Crippen molar-refractivity contribution in [1.29, 1.82) is 0 Å². The summed E-state index contributed by atoms with van der Waals surface area (Å²) >= 11 is 0. The third-order valence-corrected chi connectivity index (χ3v) is 8.60. The fourth-order valence-corrected chi connectivity index (χ4v) is 5.88. The molecule has 7 aromatic rings. The van der Waals surface area contributed by atoms with Gasteiger partial charge in [0.25, 0.3) is 0 Å². The normalized spacial score (nSPS) is 10.9. The maximum absolute atomic E-state index is 10.9. The van der Waals surface area contributed by atoms with Crippen LogP contribution in [0.1, 0.15) is 5.56 Å². The third-order valence-electron chi connectivity index (χ3n) is 8.60. The summed E-state index contributed by atoms with van der Waals surface area (Å²) in [6, 6.07) is 56.5. The van der Waals surface area contributed by atoms with Gasteiger partial charge in [-0.25, -0.2) is 0 Å². The molecule has 7 rings (SSSR count). The zero-order valence-electron chi connectivity index (χ0n) is 25.9. The van der Waals surface area contributed by atoms with Crippen LogP contribution in [0.25, 0.3) is 66.8 Å². The molecule has 0 aliphatic heterocycles. The third kappa shape index (κ3) is 6.50. The van der Waals surface area contributed by atoms with E-state index < -0.39 is 0 Å². The number of nitrogens with two attached hydrogens (primary N) is 1. The molecule has 2 N–H and O–H groups in total. The summed E-state index contributed by atoms with van der Waals surface area (Å²) in [5.41, 5.74) is 15.2. The van der Waals surface area contributed by atoms with E-state index in [4.69, 9.17) is 10.7 Å². The van der Waals surface area contributed by atoms with E-state index in [0.717, 1.165) is 55.6 Å². The number of nitroso groups, excluding NO2 is 1. The Hall–Kier alpha value is -6.10. The Bertz CT molecular complexity index is 2130. The van der Waals surface area contributed by atoms with Crippen molar-refractivity contribution in [3.05, 3.63) is 174 Å². The van der Waals surface area contributed by atoms with Crippen LogP contribution in [0.3, 0.4) is 0 Å². The lowest BCUT2D eigenvalue weighted by molar-refractivity contribution is 0.334. The van der Waals surface area contributed by atoms with E-state index in [9.17, 15) is 4.91 Å². The molecule has 0 saturated heterocycles. The van der Waals surface area contributed by atoms with Crippen molar-refractivity contribution in [2.75, 3.05) is 0 Å². The SMILES string of the molecule is Cc1ccc(-c2ccc(-c3cc(-c4ccc(-c5ccc(N=O)cc5)cc4)cc(-c4ccc(-c5ccc(ON)cc5)cc4)c3)cc2)cc1. The van der Waals surface area contributed by atoms with Gasteiger partial charge in [0, 0.05) is 0 Å². The second kappa shape index (κ2) is 13.1. The lowest BCUT2D eigenvalue weighted by atomic mass is 9.91. The second-order valence-corrected chi connectivity index (χ2v) is 11.7. The first-order chi connectivity index (χ1) is 23.1. The smallest absolute Gasteiger partial charge is 0.146 e. The fraction of sp³-hybridized carbons (Fsp3) is 0.0233. The largest absolute Gasteiger partial charge is 0.412 e. The van der Waals surface area contributed by atoms with Gasteiger partial charge in [0.15, 0.2) is 0 Å². The summed E-state index contributed by atoms with van der Waals surface area (Å²) in [6.45, 7) is 2.11. The van der Waals surface area contributed by atoms with Crippen molar-refractivity contribution in [3.8, 4) is 72.5 Å². The molecule has 0 heterocycles. The molecule has 0 aromatic heterocycles. The first-order valence-electron chi connectivity index (χ1n) is 15.5. The molecule has 0 aliphatic rings. The minimum absolute atomic E-state index is 0.425. The van der Waals surface area contributed by atoms with Crippen molar-refractivity contribution < 1.29 is 4.84 Å². The highest BCUT2D eigenvalue weighted by Crippen LogP contribution is 2.36. The maximum Gasteiger partial charge on any atom is 0.146 e. The monoisotopic (exact) mass is 608 g/mol. The molecule has 0 atom stereocenters. The van der Waals surface area contributed by atoms with Gasteiger partial charge in [-0.15, -0.1) is 4.91 Å². The number of benzene rings is 7. The quantitative estimate of drug-likeness (QED) is 0.138. The molecule has 0 aliphatic carbocycles. The molecule has 4 nitrogen and oxygen atoms in total. The van der Waals surface area contributed by atoms with E-state index in [1.54, 1.807) is 12.1 Å². The predicted molar refractivity (Wildman–Crippen MR) is 194 cm³/mol. The topological polar surface area (TPSA) is 64.7 Å². The summed E-state index contributed by atoms with van der Waals surface area (Å²) in [5, 5.41) is 3.02. The van der Waals surface area contributed by atoms with E-state index >= 15 is 0 Å². The molecule has 0 saturated carbocycles. The first-order valence-corrected chi connectivity index (χ1v) is 15.5. The van der Waals surface area contributed by atoms with Crippen LogP contribution >= 0.6 is 0 Å². The molecule has 7 aromatic carbocycles. The lowest BCUT2D eigenvalue weighted by Gasteiger charge is -2.13. The molecule has 0 unspecified atom stereocenters. The van der Waals surface area contributed by atoms with Crippen molar-refractivity contribution in [2.45, 2.75) is 6.92 Å². The molecular formula is C43H32N2O2. The van der Waals surface area contributed by atoms with E-state index in [1.165, 1.54) is 16.7 Å². The van der Waals surface area contributed by atoms with Gasteiger partial charge in [-0.2, -0.15) is 5.90 Å². The van der Waals surface area contributed by atoms with E-state index in [0.29, 0.717) is 11.4 Å². The first kappa shape index (κ1) is 29.6. The van der Waals surface area contributed by atoms with Crippen molar-refractivity contribution in [3.63, 3.8) is 0 Å². The second-order valence-electron chi connectivity index (χ2n) is 11.7. The summed E-state index contributed by atoms with van der Waals surface area (Å²) in [5.74, 6) is 5.93. The van der Waals surface area contributed by atoms with Gasteiger partial charge in [-0.05, 0) is 121 Å². The lowest BCUT2D eigenvalue weighted by Crippen LogP contribution is -2.00. The van der Waals surface area contributed by atoms with Crippen LogP contribution in [0.5, 0.6) is 5.75 Å². The zero-order chi connectivity index (χ0) is 32.2. The van der Waals surface area contributed by atoms with Crippen molar-refractivity contribution in [2.24, 2.45) is 11.1 Å². The molecule has 47 heavy (non-hydrogen) atoms. The Labute approximate surface area is 274 Å². The number of hydrogen-bond donors (Lipinski definition) is 1. The van der Waals surface area contributed by atoms with E-state index in [2.05, 4.69) is 127 Å². The highest BCUT2D eigenvalue weighted by molar-refractivity contribution is 5.83. The van der Waals surface area contributed by atoms with E-state index in [1.807, 2.05) is 36.4 Å². The Morgan fingerprint density at radius 3 is 0.936 bits per heavy atom. The van der Waals surface area contributed by atoms with Gasteiger partial charge in [0.05, 0.1) is 0 Å². The molecule has 0 bridgehead atoms. The van der Waals surface area contributed by atoms with Gasteiger partial charge in [0.2, 0.25) is 0 Å².